The molecule has 0 atom stereocenters. The van der Waals surface area contributed by atoms with Crippen molar-refractivity contribution in [1.29, 1.82) is 0 Å². The Balaban J connectivity index is 2.06. The van der Waals surface area contributed by atoms with E-state index in [1.54, 1.807) is 6.20 Å². The van der Waals surface area contributed by atoms with E-state index in [-0.39, 0.29) is 0 Å². The minimum atomic E-state index is -0.461. The molecule has 2 heterocycles. The van der Waals surface area contributed by atoms with Gasteiger partial charge in [-0.2, -0.15) is 0 Å². The van der Waals surface area contributed by atoms with Crippen LogP contribution >= 0.6 is 0 Å². The summed E-state index contributed by atoms with van der Waals surface area (Å²) in [5.74, 6) is 0.0836. The number of aromatic amines is 1. The van der Waals surface area contributed by atoms with E-state index in [2.05, 4.69) is 9.97 Å². The molecule has 0 saturated heterocycles. The van der Waals surface area contributed by atoms with Crippen LogP contribution in [0.15, 0.2) is 70.0 Å². The second-order valence-electron chi connectivity index (χ2n) is 5.41. The Morgan fingerprint density at radius 2 is 1.83 bits per heavy atom. The van der Waals surface area contributed by atoms with Crippen molar-refractivity contribution < 1.29 is 4.42 Å². The number of aromatic nitrogens is 2. The number of hydrogen-bond acceptors (Lipinski definition) is 3. The first kappa shape index (κ1) is 13.5. The number of fused-ring (bicyclic) bond motifs is 1. The third-order valence-electron chi connectivity index (χ3n) is 3.93. The number of benzene rings is 2. The molecule has 2 aromatic carbocycles. The highest BCUT2D eigenvalue weighted by atomic mass is 16.4. The van der Waals surface area contributed by atoms with E-state index in [0.717, 1.165) is 27.6 Å². The number of H-pyrrole nitrogens is 1. The summed E-state index contributed by atoms with van der Waals surface area (Å²) < 4.78 is 5.48. The number of rotatable bonds is 2. The van der Waals surface area contributed by atoms with Gasteiger partial charge in [-0.3, -0.25) is 9.97 Å². The van der Waals surface area contributed by atoms with Crippen molar-refractivity contribution in [2.75, 3.05) is 0 Å². The number of nitrogens with zero attached hydrogens (tertiary/aromatic N) is 1. The fourth-order valence-corrected chi connectivity index (χ4v) is 2.90. The molecular formula is C19H14N2O2. The molecule has 4 heteroatoms. The van der Waals surface area contributed by atoms with Gasteiger partial charge in [-0.05, 0) is 24.6 Å². The first-order chi connectivity index (χ1) is 11.2. The van der Waals surface area contributed by atoms with Crippen LogP contribution in [-0.4, -0.2) is 9.97 Å². The summed E-state index contributed by atoms with van der Waals surface area (Å²) in [7, 11) is 0. The molecule has 0 amide bonds. The Morgan fingerprint density at radius 1 is 1.00 bits per heavy atom. The zero-order valence-corrected chi connectivity index (χ0v) is 12.5. The summed E-state index contributed by atoms with van der Waals surface area (Å²) in [6, 6.07) is 17.5. The third-order valence-corrected chi connectivity index (χ3v) is 3.93. The van der Waals surface area contributed by atoms with Crippen LogP contribution < -0.4 is 5.76 Å². The van der Waals surface area contributed by atoms with Crippen LogP contribution in [0.4, 0.5) is 0 Å². The van der Waals surface area contributed by atoms with Crippen LogP contribution in [0.25, 0.3) is 33.5 Å². The Hall–Kier alpha value is -3.14. The largest absolute Gasteiger partial charge is 0.417 e. The summed E-state index contributed by atoms with van der Waals surface area (Å²) in [4.78, 5) is 19.0. The van der Waals surface area contributed by atoms with Crippen molar-refractivity contribution in [2.24, 2.45) is 0 Å². The Bertz CT molecular complexity index is 1040. The van der Waals surface area contributed by atoms with Crippen molar-refractivity contribution in [2.45, 2.75) is 6.92 Å². The van der Waals surface area contributed by atoms with Crippen LogP contribution in [-0.2, 0) is 0 Å². The maximum Gasteiger partial charge on any atom is 0.417 e. The van der Waals surface area contributed by atoms with Gasteiger partial charge in [-0.25, -0.2) is 4.79 Å². The van der Waals surface area contributed by atoms with Crippen LogP contribution in [0, 0.1) is 6.92 Å². The molecule has 0 bridgehead atoms. The smallest absolute Gasteiger partial charge is 0.407 e. The second kappa shape index (κ2) is 5.25. The molecule has 2 aromatic heterocycles. The lowest BCUT2D eigenvalue weighted by Gasteiger charge is -2.08. The topological polar surface area (TPSA) is 58.9 Å². The maximum atomic E-state index is 11.8. The van der Waals surface area contributed by atoms with E-state index in [1.807, 2.05) is 61.5 Å². The highest BCUT2D eigenvalue weighted by molar-refractivity contribution is 5.98. The quantitative estimate of drug-likeness (QED) is 0.605. The fourth-order valence-electron chi connectivity index (χ4n) is 2.90. The molecule has 0 aliphatic carbocycles. The van der Waals surface area contributed by atoms with Crippen LogP contribution in [0.5, 0.6) is 0 Å². The third kappa shape index (κ3) is 2.25. The van der Waals surface area contributed by atoms with Crippen molar-refractivity contribution in [3.8, 4) is 22.6 Å². The molecule has 0 radical (unpaired) electrons. The molecule has 4 nitrogen and oxygen atoms in total. The predicted molar refractivity (Wildman–Crippen MR) is 90.2 cm³/mol. The van der Waals surface area contributed by atoms with Gasteiger partial charge < -0.3 is 4.42 Å². The zero-order chi connectivity index (χ0) is 15.8. The monoisotopic (exact) mass is 302 g/mol. The van der Waals surface area contributed by atoms with E-state index < -0.39 is 5.76 Å². The molecule has 0 saturated carbocycles. The lowest BCUT2D eigenvalue weighted by atomic mass is 9.99. The van der Waals surface area contributed by atoms with Gasteiger partial charge in [0.15, 0.2) is 5.76 Å². The molecule has 0 unspecified atom stereocenters. The normalized spacial score (nSPS) is 11.0. The molecule has 23 heavy (non-hydrogen) atoms. The number of pyridine rings is 1. The molecule has 0 aliphatic heterocycles. The summed E-state index contributed by atoms with van der Waals surface area (Å²) in [5, 5.41) is 0.995. The molecule has 0 fully saturated rings. The standard InChI is InChI=1S/C19H14N2O2/c1-12-6-5-9-15-16(12)14(10-11-20-15)18-17(21-19(22)23-18)13-7-3-2-4-8-13/h2-11H,1H3,(H,21,22). The van der Waals surface area contributed by atoms with Gasteiger partial charge in [-0.15, -0.1) is 0 Å². The van der Waals surface area contributed by atoms with E-state index in [4.69, 9.17) is 4.42 Å². The summed E-state index contributed by atoms with van der Waals surface area (Å²) in [6.45, 7) is 2.03. The van der Waals surface area contributed by atoms with Crippen LogP contribution in [0.1, 0.15) is 5.56 Å². The van der Waals surface area contributed by atoms with Crippen molar-refractivity contribution in [3.63, 3.8) is 0 Å². The highest BCUT2D eigenvalue weighted by Crippen LogP contribution is 2.34. The van der Waals surface area contributed by atoms with Crippen molar-refractivity contribution >= 4 is 10.9 Å². The molecule has 112 valence electrons. The minimum absolute atomic E-state index is 0.461. The van der Waals surface area contributed by atoms with Gasteiger partial charge in [0.1, 0.15) is 0 Å². The van der Waals surface area contributed by atoms with Gasteiger partial charge in [0.2, 0.25) is 0 Å². The van der Waals surface area contributed by atoms with Gasteiger partial charge in [-0.1, -0.05) is 42.5 Å². The lowest BCUT2D eigenvalue weighted by Crippen LogP contribution is -1.94. The van der Waals surface area contributed by atoms with E-state index in [1.165, 1.54) is 0 Å². The first-order valence-electron chi connectivity index (χ1n) is 7.37. The van der Waals surface area contributed by atoms with E-state index in [9.17, 15) is 4.79 Å². The minimum Gasteiger partial charge on any atom is -0.407 e. The molecule has 0 aliphatic rings. The fraction of sp³-hybridized carbons (Fsp3) is 0.0526. The summed E-state index contributed by atoms with van der Waals surface area (Å²) >= 11 is 0. The summed E-state index contributed by atoms with van der Waals surface area (Å²) in [6.07, 6.45) is 1.73. The van der Waals surface area contributed by atoms with E-state index in [0.29, 0.717) is 11.5 Å². The first-order valence-corrected chi connectivity index (χ1v) is 7.37. The number of oxazole rings is 1. The van der Waals surface area contributed by atoms with Gasteiger partial charge in [0.25, 0.3) is 0 Å². The molecule has 0 spiro atoms. The lowest BCUT2D eigenvalue weighted by molar-refractivity contribution is 0.529. The molecule has 4 aromatic rings. The van der Waals surface area contributed by atoms with Gasteiger partial charge in [0.05, 0.1) is 11.2 Å². The zero-order valence-electron chi connectivity index (χ0n) is 12.5. The molecular weight excluding hydrogens is 288 g/mol. The van der Waals surface area contributed by atoms with Crippen molar-refractivity contribution in [1.82, 2.24) is 9.97 Å². The van der Waals surface area contributed by atoms with Crippen molar-refractivity contribution in [3.05, 3.63) is 76.9 Å². The highest BCUT2D eigenvalue weighted by Gasteiger charge is 2.17. The Labute approximate surface area is 132 Å². The number of aryl methyl sites for hydroxylation is 1. The SMILES string of the molecule is Cc1cccc2nccc(-c3oc(=O)[nH]c3-c3ccccc3)c12. The predicted octanol–water partition coefficient (Wildman–Crippen LogP) is 4.16. The second-order valence-corrected chi connectivity index (χ2v) is 5.41. The molecule has 1 N–H and O–H groups in total. The average Bonchev–Trinajstić information content (AvgIpc) is 2.97. The average molecular weight is 302 g/mol. The van der Waals surface area contributed by atoms with Gasteiger partial charge in [0, 0.05) is 22.7 Å². The van der Waals surface area contributed by atoms with Crippen LogP contribution in [0.3, 0.4) is 0 Å². The van der Waals surface area contributed by atoms with Crippen LogP contribution in [0.2, 0.25) is 0 Å². The Kier molecular flexibility index (Phi) is 3.08. The van der Waals surface area contributed by atoms with Gasteiger partial charge >= 0.3 is 5.76 Å². The Morgan fingerprint density at radius 3 is 2.65 bits per heavy atom. The number of nitrogens with one attached hydrogen (secondary N) is 1. The van der Waals surface area contributed by atoms with E-state index >= 15 is 0 Å². The molecule has 4 rings (SSSR count). The maximum absolute atomic E-state index is 11.8. The number of hydrogen-bond donors (Lipinski definition) is 1. The summed E-state index contributed by atoms with van der Waals surface area (Å²) in [5.41, 5.74) is 4.43.